The Morgan fingerprint density at radius 3 is 3.00 bits per heavy atom. The molecule has 0 aliphatic heterocycles. The molecule has 0 atom stereocenters. The summed E-state index contributed by atoms with van der Waals surface area (Å²) in [7, 11) is 1.69. The molecule has 0 spiro atoms. The van der Waals surface area contributed by atoms with Crippen LogP contribution in [0, 0.1) is 0 Å². The molecule has 0 saturated carbocycles. The van der Waals surface area contributed by atoms with Crippen molar-refractivity contribution in [1.82, 2.24) is 9.78 Å². The van der Waals surface area contributed by atoms with Gasteiger partial charge in [0.1, 0.15) is 5.56 Å². The van der Waals surface area contributed by atoms with Crippen molar-refractivity contribution in [3.63, 3.8) is 0 Å². The molecule has 0 bridgehead atoms. The second-order valence-corrected chi connectivity index (χ2v) is 5.98. The maximum Gasteiger partial charge on any atom is 0.341 e. The van der Waals surface area contributed by atoms with Gasteiger partial charge >= 0.3 is 5.97 Å². The lowest BCUT2D eigenvalue weighted by atomic mass is 10.3. The van der Waals surface area contributed by atoms with Crippen LogP contribution in [0.15, 0.2) is 22.1 Å². The molecule has 17 heavy (non-hydrogen) atoms. The summed E-state index contributed by atoms with van der Waals surface area (Å²) < 4.78 is 2.53. The lowest BCUT2D eigenvalue weighted by Crippen LogP contribution is -2.04. The van der Waals surface area contributed by atoms with E-state index in [-0.39, 0.29) is 5.56 Å². The van der Waals surface area contributed by atoms with Crippen LogP contribution in [0.2, 0.25) is 0 Å². The Kier molecular flexibility index (Phi) is 3.49. The van der Waals surface area contributed by atoms with E-state index < -0.39 is 5.97 Å². The Bertz CT molecular complexity index is 549. The predicted octanol–water partition coefficient (Wildman–Crippen LogP) is 2.55. The van der Waals surface area contributed by atoms with Crippen molar-refractivity contribution in [3.8, 4) is 0 Å². The Balaban J connectivity index is 2.11. The van der Waals surface area contributed by atoms with Gasteiger partial charge in [-0.25, -0.2) is 4.79 Å². The Labute approximate surface area is 110 Å². The summed E-state index contributed by atoms with van der Waals surface area (Å²) in [6, 6.07) is 3.93. The van der Waals surface area contributed by atoms with Crippen LogP contribution in [0.3, 0.4) is 0 Å². The van der Waals surface area contributed by atoms with Crippen molar-refractivity contribution in [2.75, 3.05) is 5.32 Å². The molecular weight excluding hydrogens is 306 g/mol. The Morgan fingerprint density at radius 1 is 1.65 bits per heavy atom. The number of nitrogens with one attached hydrogen (secondary N) is 1. The zero-order valence-electron chi connectivity index (χ0n) is 8.98. The van der Waals surface area contributed by atoms with Crippen LogP contribution in [0.1, 0.15) is 15.2 Å². The monoisotopic (exact) mass is 315 g/mol. The van der Waals surface area contributed by atoms with Crippen LogP contribution in [0.5, 0.6) is 0 Å². The number of carboxylic acids is 1. The molecule has 0 aliphatic rings. The van der Waals surface area contributed by atoms with Crippen LogP contribution in [-0.2, 0) is 13.6 Å². The highest BCUT2D eigenvalue weighted by Gasteiger charge is 2.14. The SMILES string of the molecule is Cn1cc(C(=O)O)c(NCc2ccc(Br)s2)n1. The fraction of sp³-hybridized carbons (Fsp3) is 0.200. The van der Waals surface area contributed by atoms with Crippen molar-refractivity contribution >= 4 is 39.1 Å². The molecule has 0 aromatic carbocycles. The number of aromatic carboxylic acids is 1. The number of thiophene rings is 1. The average Bonchev–Trinajstić information content (AvgIpc) is 2.82. The van der Waals surface area contributed by atoms with E-state index in [2.05, 4.69) is 26.3 Å². The van der Waals surface area contributed by atoms with Crippen LogP contribution < -0.4 is 5.32 Å². The first-order chi connectivity index (χ1) is 8.06. The molecule has 2 aromatic rings. The number of carboxylic acid groups (broad SMARTS) is 1. The van der Waals surface area contributed by atoms with E-state index in [4.69, 9.17) is 5.11 Å². The van der Waals surface area contributed by atoms with Crippen molar-refractivity contribution in [3.05, 3.63) is 32.6 Å². The van der Waals surface area contributed by atoms with Gasteiger partial charge in [0.15, 0.2) is 5.82 Å². The molecular formula is C10H10BrN3O2S. The third kappa shape index (κ3) is 2.86. The molecule has 0 fully saturated rings. The molecule has 2 aromatic heterocycles. The summed E-state index contributed by atoms with van der Waals surface area (Å²) in [6.45, 7) is 0.563. The van der Waals surface area contributed by atoms with E-state index in [0.717, 1.165) is 8.66 Å². The zero-order chi connectivity index (χ0) is 12.4. The molecule has 2 N–H and O–H groups in total. The number of rotatable bonds is 4. The highest BCUT2D eigenvalue weighted by molar-refractivity contribution is 9.11. The molecule has 0 unspecified atom stereocenters. The highest BCUT2D eigenvalue weighted by Crippen LogP contribution is 2.23. The molecule has 2 rings (SSSR count). The quantitative estimate of drug-likeness (QED) is 0.910. The average molecular weight is 316 g/mol. The smallest absolute Gasteiger partial charge is 0.341 e. The maximum atomic E-state index is 11.0. The second-order valence-electron chi connectivity index (χ2n) is 3.43. The van der Waals surface area contributed by atoms with E-state index in [1.54, 1.807) is 18.4 Å². The summed E-state index contributed by atoms with van der Waals surface area (Å²) in [5, 5.41) is 16.1. The molecule has 5 nitrogen and oxygen atoms in total. The summed E-state index contributed by atoms with van der Waals surface area (Å²) in [6.07, 6.45) is 1.48. The van der Waals surface area contributed by atoms with Gasteiger partial charge in [0.05, 0.1) is 10.3 Å². The lowest BCUT2D eigenvalue weighted by Gasteiger charge is -2.01. The van der Waals surface area contributed by atoms with Crippen LogP contribution in [0.4, 0.5) is 5.82 Å². The molecule has 0 aliphatic carbocycles. The predicted molar refractivity (Wildman–Crippen MR) is 69.5 cm³/mol. The van der Waals surface area contributed by atoms with Crippen LogP contribution in [-0.4, -0.2) is 20.9 Å². The number of nitrogens with zero attached hydrogens (tertiary/aromatic N) is 2. The van der Waals surface area contributed by atoms with Gasteiger partial charge in [-0.05, 0) is 28.1 Å². The Hall–Kier alpha value is -1.34. The van der Waals surface area contributed by atoms with Gasteiger partial charge < -0.3 is 10.4 Å². The van der Waals surface area contributed by atoms with Crippen molar-refractivity contribution < 1.29 is 9.90 Å². The number of aromatic nitrogens is 2. The second kappa shape index (κ2) is 4.89. The molecule has 0 amide bonds. The molecule has 2 heterocycles. The topological polar surface area (TPSA) is 67.2 Å². The molecule has 0 radical (unpaired) electrons. The fourth-order valence-electron chi connectivity index (χ4n) is 1.39. The number of hydrogen-bond donors (Lipinski definition) is 2. The van der Waals surface area contributed by atoms with Crippen molar-refractivity contribution in [2.24, 2.45) is 7.05 Å². The minimum atomic E-state index is -0.979. The zero-order valence-corrected chi connectivity index (χ0v) is 11.4. The van der Waals surface area contributed by atoms with E-state index in [0.29, 0.717) is 12.4 Å². The normalized spacial score (nSPS) is 10.5. The van der Waals surface area contributed by atoms with E-state index in [1.807, 2.05) is 12.1 Å². The number of hydrogen-bond acceptors (Lipinski definition) is 4. The largest absolute Gasteiger partial charge is 0.477 e. The summed E-state index contributed by atoms with van der Waals surface area (Å²) in [4.78, 5) is 12.1. The van der Waals surface area contributed by atoms with E-state index in [9.17, 15) is 4.79 Å². The summed E-state index contributed by atoms with van der Waals surface area (Å²) in [5.41, 5.74) is 0.183. The third-order valence-corrected chi connectivity index (χ3v) is 3.74. The number of carbonyl (C=O) groups is 1. The first-order valence-corrected chi connectivity index (χ1v) is 6.42. The van der Waals surface area contributed by atoms with Crippen molar-refractivity contribution in [1.29, 1.82) is 0 Å². The van der Waals surface area contributed by atoms with Gasteiger partial charge in [-0.15, -0.1) is 11.3 Å². The highest BCUT2D eigenvalue weighted by atomic mass is 79.9. The number of aryl methyl sites for hydroxylation is 1. The van der Waals surface area contributed by atoms with Gasteiger partial charge in [0, 0.05) is 18.1 Å². The molecule has 0 saturated heterocycles. The van der Waals surface area contributed by atoms with E-state index >= 15 is 0 Å². The summed E-state index contributed by atoms with van der Waals surface area (Å²) in [5.74, 6) is -0.586. The van der Waals surface area contributed by atoms with Crippen LogP contribution >= 0.6 is 27.3 Å². The minimum absolute atomic E-state index is 0.183. The maximum absolute atomic E-state index is 11.0. The first-order valence-electron chi connectivity index (χ1n) is 4.81. The number of halogens is 1. The van der Waals surface area contributed by atoms with Gasteiger partial charge in [0.2, 0.25) is 0 Å². The molecule has 90 valence electrons. The van der Waals surface area contributed by atoms with E-state index in [1.165, 1.54) is 10.9 Å². The fourth-order valence-corrected chi connectivity index (χ4v) is 2.82. The third-order valence-electron chi connectivity index (χ3n) is 2.12. The van der Waals surface area contributed by atoms with Crippen LogP contribution in [0.25, 0.3) is 0 Å². The molecule has 7 heteroatoms. The Morgan fingerprint density at radius 2 is 2.41 bits per heavy atom. The van der Waals surface area contributed by atoms with Gasteiger partial charge in [-0.1, -0.05) is 0 Å². The van der Waals surface area contributed by atoms with Crippen molar-refractivity contribution in [2.45, 2.75) is 6.54 Å². The standard InChI is InChI=1S/C10H10BrN3O2S/c1-14-5-7(10(15)16)9(13-14)12-4-6-2-3-8(11)17-6/h2-3,5H,4H2,1H3,(H,12,13)(H,15,16). The number of anilines is 1. The first kappa shape index (κ1) is 12.1. The van der Waals surface area contributed by atoms with Gasteiger partial charge in [-0.2, -0.15) is 5.10 Å². The van der Waals surface area contributed by atoms with Gasteiger partial charge in [-0.3, -0.25) is 4.68 Å². The summed E-state index contributed by atoms with van der Waals surface area (Å²) >= 11 is 4.98. The minimum Gasteiger partial charge on any atom is -0.477 e. The van der Waals surface area contributed by atoms with Gasteiger partial charge in [0.25, 0.3) is 0 Å². The lowest BCUT2D eigenvalue weighted by molar-refractivity contribution is 0.0698.